The molecule has 0 atom stereocenters. The molecule has 0 aliphatic rings. The zero-order valence-electron chi connectivity index (χ0n) is 14.3. The summed E-state index contributed by atoms with van der Waals surface area (Å²) in [5, 5.41) is 10.0. The number of hydrogen-bond acceptors (Lipinski definition) is 2. The molecule has 0 saturated heterocycles. The number of phenolic OH excluding ortho intramolecular Hbond substituents is 1. The Morgan fingerprint density at radius 1 is 1.00 bits per heavy atom. The maximum absolute atomic E-state index is 14.7. The minimum absolute atomic E-state index is 0.0662. The molecule has 26 heavy (non-hydrogen) atoms. The van der Waals surface area contributed by atoms with Gasteiger partial charge in [-0.25, -0.2) is 8.78 Å². The van der Waals surface area contributed by atoms with Crippen molar-refractivity contribution in [1.29, 1.82) is 0 Å². The SMILES string of the molecule is Cc1cc(O)c(C)c(-c2ccc(-c3cccc(F)c3)cc2C(N)=O)c1F. The molecule has 0 spiro atoms. The Morgan fingerprint density at radius 3 is 2.35 bits per heavy atom. The quantitative estimate of drug-likeness (QED) is 0.716. The minimum Gasteiger partial charge on any atom is -0.508 e. The molecular weight excluding hydrogens is 336 g/mol. The smallest absolute Gasteiger partial charge is 0.249 e. The molecule has 3 aromatic rings. The predicted octanol–water partition coefficient (Wildman–Crippen LogP) is 4.72. The van der Waals surface area contributed by atoms with Crippen LogP contribution < -0.4 is 5.73 Å². The van der Waals surface area contributed by atoms with Gasteiger partial charge in [-0.05, 0) is 60.4 Å². The van der Waals surface area contributed by atoms with Crippen LogP contribution in [0.25, 0.3) is 22.3 Å². The van der Waals surface area contributed by atoms with E-state index in [1.165, 1.54) is 31.2 Å². The maximum atomic E-state index is 14.7. The second kappa shape index (κ2) is 6.59. The van der Waals surface area contributed by atoms with Crippen LogP contribution in [0.1, 0.15) is 21.5 Å². The van der Waals surface area contributed by atoms with E-state index in [0.29, 0.717) is 16.7 Å². The number of nitrogens with two attached hydrogens (primary N) is 1. The fourth-order valence-corrected chi connectivity index (χ4v) is 3.00. The van der Waals surface area contributed by atoms with Gasteiger partial charge < -0.3 is 10.8 Å². The van der Waals surface area contributed by atoms with E-state index in [2.05, 4.69) is 0 Å². The van der Waals surface area contributed by atoms with Crippen molar-refractivity contribution >= 4 is 5.91 Å². The summed E-state index contributed by atoms with van der Waals surface area (Å²) in [4.78, 5) is 12.0. The van der Waals surface area contributed by atoms with E-state index in [1.54, 1.807) is 31.2 Å². The Labute approximate surface area is 149 Å². The zero-order chi connectivity index (χ0) is 19.0. The molecule has 132 valence electrons. The van der Waals surface area contributed by atoms with E-state index in [0.717, 1.165) is 0 Å². The van der Waals surface area contributed by atoms with E-state index in [1.807, 2.05) is 0 Å². The van der Waals surface area contributed by atoms with Gasteiger partial charge in [-0.2, -0.15) is 0 Å². The number of aryl methyl sites for hydroxylation is 1. The molecule has 0 fully saturated rings. The van der Waals surface area contributed by atoms with Crippen LogP contribution in [0, 0.1) is 25.5 Å². The highest BCUT2D eigenvalue weighted by atomic mass is 19.1. The van der Waals surface area contributed by atoms with Gasteiger partial charge in [0.1, 0.15) is 17.4 Å². The van der Waals surface area contributed by atoms with Gasteiger partial charge in [0.2, 0.25) is 5.91 Å². The highest BCUT2D eigenvalue weighted by Gasteiger charge is 2.20. The van der Waals surface area contributed by atoms with Gasteiger partial charge in [0.25, 0.3) is 0 Å². The number of carbonyl (C=O) groups excluding carboxylic acids is 1. The molecular formula is C21H17F2NO2. The predicted molar refractivity (Wildman–Crippen MR) is 96.9 cm³/mol. The van der Waals surface area contributed by atoms with Crippen LogP contribution in [0.5, 0.6) is 5.75 Å². The number of hydrogen-bond donors (Lipinski definition) is 2. The molecule has 0 bridgehead atoms. The third-order valence-corrected chi connectivity index (χ3v) is 4.39. The van der Waals surface area contributed by atoms with Crippen molar-refractivity contribution in [3.63, 3.8) is 0 Å². The van der Waals surface area contributed by atoms with Gasteiger partial charge in [-0.3, -0.25) is 4.79 Å². The summed E-state index contributed by atoms with van der Waals surface area (Å²) in [7, 11) is 0. The summed E-state index contributed by atoms with van der Waals surface area (Å²) < 4.78 is 28.2. The first-order valence-electron chi connectivity index (χ1n) is 7.98. The van der Waals surface area contributed by atoms with Crippen molar-refractivity contribution in [1.82, 2.24) is 0 Å². The second-order valence-electron chi connectivity index (χ2n) is 6.16. The van der Waals surface area contributed by atoms with Crippen molar-refractivity contribution in [3.8, 4) is 28.0 Å². The Kier molecular flexibility index (Phi) is 4.47. The van der Waals surface area contributed by atoms with Crippen molar-refractivity contribution in [2.75, 3.05) is 0 Å². The summed E-state index contributed by atoms with van der Waals surface area (Å²) in [5.41, 5.74) is 7.74. The lowest BCUT2D eigenvalue weighted by Crippen LogP contribution is -2.13. The summed E-state index contributed by atoms with van der Waals surface area (Å²) in [5.74, 6) is -1.74. The van der Waals surface area contributed by atoms with E-state index in [4.69, 9.17) is 5.73 Å². The number of carbonyl (C=O) groups is 1. The molecule has 3 N–H and O–H groups in total. The average Bonchev–Trinajstić information content (AvgIpc) is 2.60. The molecule has 0 aliphatic carbocycles. The van der Waals surface area contributed by atoms with Crippen LogP contribution in [0.3, 0.4) is 0 Å². The lowest BCUT2D eigenvalue weighted by Gasteiger charge is -2.15. The Bertz CT molecular complexity index is 1000. The Morgan fingerprint density at radius 2 is 1.69 bits per heavy atom. The highest BCUT2D eigenvalue weighted by molar-refractivity contribution is 6.01. The first-order valence-corrected chi connectivity index (χ1v) is 7.98. The molecule has 0 aromatic heterocycles. The zero-order valence-corrected chi connectivity index (χ0v) is 14.3. The normalized spacial score (nSPS) is 10.8. The molecule has 0 heterocycles. The van der Waals surface area contributed by atoms with Gasteiger partial charge in [0.15, 0.2) is 0 Å². The molecule has 3 aromatic carbocycles. The molecule has 0 radical (unpaired) electrons. The largest absolute Gasteiger partial charge is 0.508 e. The van der Waals surface area contributed by atoms with Gasteiger partial charge in [0, 0.05) is 16.7 Å². The summed E-state index contributed by atoms with van der Waals surface area (Å²) in [6, 6.07) is 12.0. The molecule has 3 rings (SSSR count). The van der Waals surface area contributed by atoms with Gasteiger partial charge in [-0.15, -0.1) is 0 Å². The molecule has 3 nitrogen and oxygen atoms in total. The number of aromatic hydroxyl groups is 1. The third kappa shape index (κ3) is 3.04. The number of primary amides is 1. The van der Waals surface area contributed by atoms with Gasteiger partial charge >= 0.3 is 0 Å². The molecule has 1 amide bonds. The van der Waals surface area contributed by atoms with Crippen LogP contribution in [-0.4, -0.2) is 11.0 Å². The fourth-order valence-electron chi connectivity index (χ4n) is 3.00. The number of benzene rings is 3. The van der Waals surface area contributed by atoms with Crippen LogP contribution >= 0.6 is 0 Å². The van der Waals surface area contributed by atoms with E-state index < -0.39 is 17.5 Å². The number of rotatable bonds is 3. The first kappa shape index (κ1) is 17.6. The van der Waals surface area contributed by atoms with Crippen molar-refractivity contribution in [2.24, 2.45) is 5.73 Å². The Hall–Kier alpha value is -3.21. The topological polar surface area (TPSA) is 63.3 Å². The maximum Gasteiger partial charge on any atom is 0.249 e. The van der Waals surface area contributed by atoms with Crippen LogP contribution in [0.15, 0.2) is 48.5 Å². The van der Waals surface area contributed by atoms with E-state index in [-0.39, 0.29) is 28.0 Å². The molecule has 0 aliphatic heterocycles. The number of phenols is 1. The van der Waals surface area contributed by atoms with Crippen LogP contribution in [0.2, 0.25) is 0 Å². The van der Waals surface area contributed by atoms with Crippen molar-refractivity contribution in [3.05, 3.63) is 76.9 Å². The monoisotopic (exact) mass is 353 g/mol. The van der Waals surface area contributed by atoms with Gasteiger partial charge in [0.05, 0.1) is 0 Å². The van der Waals surface area contributed by atoms with E-state index >= 15 is 0 Å². The molecule has 0 saturated carbocycles. The molecule has 5 heteroatoms. The highest BCUT2D eigenvalue weighted by Crippen LogP contribution is 2.37. The Balaban J connectivity index is 2.27. The first-order chi connectivity index (χ1) is 12.3. The summed E-state index contributed by atoms with van der Waals surface area (Å²) in [6.07, 6.45) is 0. The lowest BCUT2D eigenvalue weighted by molar-refractivity contribution is 0.100. The number of amides is 1. The van der Waals surface area contributed by atoms with Gasteiger partial charge in [-0.1, -0.05) is 24.3 Å². The summed E-state index contributed by atoms with van der Waals surface area (Å²) >= 11 is 0. The summed E-state index contributed by atoms with van der Waals surface area (Å²) in [6.45, 7) is 3.10. The van der Waals surface area contributed by atoms with Crippen molar-refractivity contribution in [2.45, 2.75) is 13.8 Å². The second-order valence-corrected chi connectivity index (χ2v) is 6.16. The standard InChI is InChI=1S/C21H17F2NO2/c1-11-8-18(25)12(2)19(20(11)23)16-7-6-14(10-17(16)21(24)26)13-4-3-5-15(22)9-13/h3-10,25H,1-2H3,(H2,24,26). The lowest BCUT2D eigenvalue weighted by atomic mass is 9.90. The molecule has 0 unspecified atom stereocenters. The van der Waals surface area contributed by atoms with Crippen LogP contribution in [-0.2, 0) is 0 Å². The fraction of sp³-hybridized carbons (Fsp3) is 0.0952. The van der Waals surface area contributed by atoms with Crippen molar-refractivity contribution < 1.29 is 18.7 Å². The average molecular weight is 353 g/mol. The third-order valence-electron chi connectivity index (χ3n) is 4.39. The van der Waals surface area contributed by atoms with Crippen LogP contribution in [0.4, 0.5) is 8.78 Å². The number of halogens is 2. The van der Waals surface area contributed by atoms with E-state index in [9.17, 15) is 18.7 Å². The minimum atomic E-state index is -0.738.